The van der Waals surface area contributed by atoms with E-state index in [0.29, 0.717) is 0 Å². The van der Waals surface area contributed by atoms with Crippen LogP contribution in [0.25, 0.3) is 0 Å². The zero-order valence-electron chi connectivity index (χ0n) is 14.3. The van der Waals surface area contributed by atoms with Crippen molar-refractivity contribution in [2.45, 2.75) is 44.2 Å². The van der Waals surface area contributed by atoms with Crippen molar-refractivity contribution in [1.29, 1.82) is 0 Å². The molecule has 1 saturated heterocycles. The first kappa shape index (κ1) is 16.7. The van der Waals surface area contributed by atoms with Gasteiger partial charge in [-0.3, -0.25) is 29.4 Å². The minimum atomic E-state index is -1.05. The van der Waals surface area contributed by atoms with Crippen LogP contribution in [0, 0.1) is 5.82 Å². The Kier molecular flexibility index (Phi) is 3.78. The lowest BCUT2D eigenvalue weighted by Gasteiger charge is -2.36. The Morgan fingerprint density at radius 1 is 1.08 bits per heavy atom. The second kappa shape index (κ2) is 5.89. The van der Waals surface area contributed by atoms with Gasteiger partial charge >= 0.3 is 0 Å². The average Bonchev–Trinajstić information content (AvgIpc) is 2.76. The quantitative estimate of drug-likeness (QED) is 0.820. The standard InChI is InChI=1S/C18H18FN3O4/c1-21(9-3-2-4-9)14-8-11-10(7-12(14)19)17(25)22(18(11)26)13-5-6-15(23)20-16(13)24/h7-9,13H,2-6H2,1H3,(H,20,23,24). The molecule has 1 aliphatic carbocycles. The Bertz CT molecular complexity index is 849. The third-order valence-electron chi connectivity index (χ3n) is 5.51. The first-order valence-electron chi connectivity index (χ1n) is 8.66. The number of carbonyl (C=O) groups excluding carboxylic acids is 4. The number of benzene rings is 1. The average molecular weight is 359 g/mol. The molecule has 7 nitrogen and oxygen atoms in total. The lowest BCUT2D eigenvalue weighted by Crippen LogP contribution is -2.54. The van der Waals surface area contributed by atoms with Gasteiger partial charge in [0.25, 0.3) is 11.8 Å². The van der Waals surface area contributed by atoms with Gasteiger partial charge in [0.05, 0.1) is 16.8 Å². The molecule has 1 unspecified atom stereocenters. The first-order valence-corrected chi connectivity index (χ1v) is 8.66. The fourth-order valence-electron chi connectivity index (χ4n) is 3.72. The molecule has 1 atom stereocenters. The van der Waals surface area contributed by atoms with Crippen LogP contribution in [0.3, 0.4) is 0 Å². The zero-order valence-corrected chi connectivity index (χ0v) is 14.3. The molecule has 136 valence electrons. The van der Waals surface area contributed by atoms with Crippen LogP contribution in [-0.4, -0.2) is 47.7 Å². The molecule has 0 aromatic heterocycles. The molecule has 2 heterocycles. The SMILES string of the molecule is CN(c1cc2c(cc1F)C(=O)N(C1CCC(=O)NC1=O)C2=O)C1CCC1. The number of carbonyl (C=O) groups is 4. The van der Waals surface area contributed by atoms with Gasteiger partial charge in [-0.2, -0.15) is 0 Å². The molecule has 3 aliphatic rings. The molecule has 8 heteroatoms. The predicted octanol–water partition coefficient (Wildman–Crippen LogP) is 1.22. The van der Waals surface area contributed by atoms with Gasteiger partial charge in [-0.25, -0.2) is 4.39 Å². The number of rotatable bonds is 3. The fraction of sp³-hybridized carbons (Fsp3) is 0.444. The number of anilines is 1. The molecule has 2 fully saturated rings. The Balaban J connectivity index is 1.68. The Labute approximate surface area is 149 Å². The second-order valence-electron chi connectivity index (χ2n) is 6.99. The van der Waals surface area contributed by atoms with Gasteiger partial charge < -0.3 is 4.90 Å². The number of hydrogen-bond donors (Lipinski definition) is 1. The molecule has 4 rings (SSSR count). The fourth-order valence-corrected chi connectivity index (χ4v) is 3.72. The maximum Gasteiger partial charge on any atom is 0.262 e. The van der Waals surface area contributed by atoms with Gasteiger partial charge in [-0.05, 0) is 37.8 Å². The van der Waals surface area contributed by atoms with E-state index in [2.05, 4.69) is 5.32 Å². The highest BCUT2D eigenvalue weighted by atomic mass is 19.1. The van der Waals surface area contributed by atoms with E-state index in [-0.39, 0.29) is 35.7 Å². The smallest absolute Gasteiger partial charge is 0.262 e. The minimum absolute atomic E-state index is 0.0389. The van der Waals surface area contributed by atoms with E-state index in [1.807, 2.05) is 0 Å². The Morgan fingerprint density at radius 2 is 1.73 bits per heavy atom. The van der Waals surface area contributed by atoms with E-state index >= 15 is 0 Å². The van der Waals surface area contributed by atoms with E-state index in [1.165, 1.54) is 6.07 Å². The van der Waals surface area contributed by atoms with E-state index in [4.69, 9.17) is 0 Å². The molecule has 0 spiro atoms. The van der Waals surface area contributed by atoms with E-state index in [0.717, 1.165) is 30.2 Å². The van der Waals surface area contributed by atoms with Crippen LogP contribution < -0.4 is 10.2 Å². The summed E-state index contributed by atoms with van der Waals surface area (Å²) in [6, 6.07) is 1.65. The van der Waals surface area contributed by atoms with E-state index < -0.39 is 35.5 Å². The highest BCUT2D eigenvalue weighted by molar-refractivity contribution is 6.23. The largest absolute Gasteiger partial charge is 0.369 e. The van der Waals surface area contributed by atoms with E-state index in [9.17, 15) is 23.6 Å². The van der Waals surface area contributed by atoms with Crippen LogP contribution >= 0.6 is 0 Å². The monoisotopic (exact) mass is 359 g/mol. The summed E-state index contributed by atoms with van der Waals surface area (Å²) < 4.78 is 14.6. The molecule has 0 bridgehead atoms. The molecule has 4 amide bonds. The van der Waals surface area contributed by atoms with Crippen molar-refractivity contribution in [1.82, 2.24) is 10.2 Å². The number of fused-ring (bicyclic) bond motifs is 1. The van der Waals surface area contributed by atoms with Crippen molar-refractivity contribution >= 4 is 29.3 Å². The van der Waals surface area contributed by atoms with E-state index in [1.54, 1.807) is 11.9 Å². The molecule has 1 N–H and O–H groups in total. The van der Waals surface area contributed by atoms with Crippen molar-refractivity contribution < 1.29 is 23.6 Å². The molecule has 1 aromatic rings. The second-order valence-corrected chi connectivity index (χ2v) is 6.99. The molecular formula is C18H18FN3O4. The molecule has 26 heavy (non-hydrogen) atoms. The summed E-state index contributed by atoms with van der Waals surface area (Å²) in [5.41, 5.74) is 0.338. The summed E-state index contributed by atoms with van der Waals surface area (Å²) in [4.78, 5) is 51.4. The van der Waals surface area contributed by atoms with Gasteiger partial charge in [0, 0.05) is 19.5 Å². The van der Waals surface area contributed by atoms with Gasteiger partial charge in [0.1, 0.15) is 11.9 Å². The molecular weight excluding hydrogens is 341 g/mol. The van der Waals surface area contributed by atoms with Gasteiger partial charge in [-0.1, -0.05) is 0 Å². The lowest BCUT2D eigenvalue weighted by molar-refractivity contribution is -0.136. The van der Waals surface area contributed by atoms with Crippen molar-refractivity contribution in [3.05, 3.63) is 29.1 Å². The van der Waals surface area contributed by atoms with Crippen molar-refractivity contribution in [2.24, 2.45) is 0 Å². The summed E-state index contributed by atoms with van der Waals surface area (Å²) >= 11 is 0. The summed E-state index contributed by atoms with van der Waals surface area (Å²) in [6.07, 6.45) is 3.13. The molecule has 1 saturated carbocycles. The topological polar surface area (TPSA) is 86.8 Å². The third-order valence-corrected chi connectivity index (χ3v) is 5.51. The number of nitrogens with one attached hydrogen (secondary N) is 1. The first-order chi connectivity index (χ1) is 12.4. The summed E-state index contributed by atoms with van der Waals surface area (Å²) in [5, 5.41) is 2.14. The highest BCUT2D eigenvalue weighted by Crippen LogP contribution is 2.35. The summed E-state index contributed by atoms with van der Waals surface area (Å²) in [7, 11) is 1.77. The number of hydrogen-bond acceptors (Lipinski definition) is 5. The Morgan fingerprint density at radius 3 is 2.31 bits per heavy atom. The van der Waals surface area contributed by atoms with Crippen LogP contribution in [0.15, 0.2) is 12.1 Å². The third kappa shape index (κ3) is 2.40. The number of nitrogens with zero attached hydrogens (tertiary/aromatic N) is 2. The maximum absolute atomic E-state index is 14.6. The molecule has 1 aromatic carbocycles. The van der Waals surface area contributed by atoms with Crippen LogP contribution in [0.5, 0.6) is 0 Å². The van der Waals surface area contributed by atoms with Crippen molar-refractivity contribution in [3.63, 3.8) is 0 Å². The zero-order chi connectivity index (χ0) is 18.6. The highest BCUT2D eigenvalue weighted by Gasteiger charge is 2.45. The van der Waals surface area contributed by atoms with Gasteiger partial charge in [-0.15, -0.1) is 0 Å². The van der Waals surface area contributed by atoms with Gasteiger partial charge in [0.2, 0.25) is 11.8 Å². The number of halogens is 1. The molecule has 2 aliphatic heterocycles. The lowest BCUT2D eigenvalue weighted by atomic mass is 9.91. The van der Waals surface area contributed by atoms with Crippen molar-refractivity contribution in [3.8, 4) is 0 Å². The van der Waals surface area contributed by atoms with Crippen LogP contribution in [0.1, 0.15) is 52.8 Å². The summed E-state index contributed by atoms with van der Waals surface area (Å²) in [5.74, 6) is -3.00. The predicted molar refractivity (Wildman–Crippen MR) is 89.1 cm³/mol. The normalized spacial score (nSPS) is 23.0. The minimum Gasteiger partial charge on any atom is -0.369 e. The summed E-state index contributed by atoms with van der Waals surface area (Å²) in [6.45, 7) is 0. The number of amides is 4. The number of piperidine rings is 1. The van der Waals surface area contributed by atoms with Gasteiger partial charge in [0.15, 0.2) is 0 Å². The van der Waals surface area contributed by atoms with Crippen molar-refractivity contribution in [2.75, 3.05) is 11.9 Å². The van der Waals surface area contributed by atoms with Crippen LogP contribution in [0.4, 0.5) is 10.1 Å². The van der Waals surface area contributed by atoms with Crippen LogP contribution in [0.2, 0.25) is 0 Å². The number of imide groups is 2. The van der Waals surface area contributed by atoms with Crippen LogP contribution in [-0.2, 0) is 9.59 Å². The Hall–Kier alpha value is -2.77. The molecule has 0 radical (unpaired) electrons. The maximum atomic E-state index is 14.6.